The van der Waals surface area contributed by atoms with Gasteiger partial charge in [0.25, 0.3) is 0 Å². The minimum absolute atomic E-state index is 0.210. The number of guanidine groups is 1. The topological polar surface area (TPSA) is 61.4 Å². The summed E-state index contributed by atoms with van der Waals surface area (Å²) in [5.41, 5.74) is 1.03. The largest absolute Gasteiger partial charge is 0.497 e. The van der Waals surface area contributed by atoms with Crippen molar-refractivity contribution in [2.24, 2.45) is 4.99 Å². The zero-order chi connectivity index (χ0) is 22.1. The number of anilines is 1. The van der Waals surface area contributed by atoms with Crippen LogP contribution in [0.25, 0.3) is 0 Å². The number of benzene rings is 1. The van der Waals surface area contributed by atoms with Gasteiger partial charge >= 0.3 is 6.18 Å². The predicted octanol–water partition coefficient (Wildman–Crippen LogP) is 2.33. The number of hydrogen-bond donors (Lipinski definition) is 2. The van der Waals surface area contributed by atoms with Crippen LogP contribution in [0.2, 0.25) is 0 Å². The standard InChI is InChI=1S/C20H32F3N5O2/c1-24-19(25-7-5-8-27(2)14-20(21,22)23)26-15-6-9-28(13-15)16-10-17(29-3)12-18(11-16)30-4/h10-12,15H,5-9,13-14H2,1-4H3,(H2,24,25,26). The quantitative estimate of drug-likeness (QED) is 0.356. The normalized spacial score (nSPS) is 17.4. The minimum Gasteiger partial charge on any atom is -0.497 e. The number of alkyl halides is 3. The average molecular weight is 432 g/mol. The van der Waals surface area contributed by atoms with Crippen molar-refractivity contribution in [2.75, 3.05) is 65.9 Å². The highest BCUT2D eigenvalue weighted by Gasteiger charge is 2.29. The number of methoxy groups -OCH3 is 2. The Morgan fingerprint density at radius 1 is 1.23 bits per heavy atom. The second kappa shape index (κ2) is 11.1. The first kappa shape index (κ1) is 23.9. The Morgan fingerprint density at radius 3 is 2.47 bits per heavy atom. The van der Waals surface area contributed by atoms with Crippen LogP contribution in [-0.4, -0.2) is 84.1 Å². The summed E-state index contributed by atoms with van der Waals surface area (Å²) < 4.78 is 47.8. The Hall–Kier alpha value is -2.36. The molecule has 0 saturated carbocycles. The van der Waals surface area contributed by atoms with Gasteiger partial charge < -0.3 is 25.0 Å². The van der Waals surface area contributed by atoms with Crippen molar-refractivity contribution in [3.63, 3.8) is 0 Å². The van der Waals surface area contributed by atoms with Gasteiger partial charge in [0, 0.05) is 56.6 Å². The van der Waals surface area contributed by atoms with E-state index in [9.17, 15) is 13.2 Å². The summed E-state index contributed by atoms with van der Waals surface area (Å²) in [6.07, 6.45) is -2.64. The first-order valence-corrected chi connectivity index (χ1v) is 9.94. The monoisotopic (exact) mass is 431 g/mol. The van der Waals surface area contributed by atoms with E-state index in [1.807, 2.05) is 18.2 Å². The summed E-state index contributed by atoms with van der Waals surface area (Å²) in [4.78, 5) is 7.75. The molecule has 1 heterocycles. The SMILES string of the molecule is CN=C(NCCCN(C)CC(F)(F)F)NC1CCN(c2cc(OC)cc(OC)c2)C1. The van der Waals surface area contributed by atoms with Crippen LogP contribution < -0.4 is 25.0 Å². The van der Waals surface area contributed by atoms with Crippen LogP contribution in [0.3, 0.4) is 0 Å². The molecule has 2 N–H and O–H groups in total. The summed E-state index contributed by atoms with van der Waals surface area (Å²) in [5, 5.41) is 6.57. The van der Waals surface area contributed by atoms with Gasteiger partial charge in [0.15, 0.2) is 5.96 Å². The summed E-state index contributed by atoms with van der Waals surface area (Å²) in [7, 11) is 6.42. The molecule has 0 amide bonds. The van der Waals surface area contributed by atoms with E-state index in [2.05, 4.69) is 20.5 Å². The lowest BCUT2D eigenvalue weighted by atomic mass is 10.2. The first-order chi connectivity index (χ1) is 14.2. The zero-order valence-electron chi connectivity index (χ0n) is 18.1. The number of nitrogens with one attached hydrogen (secondary N) is 2. The number of halogens is 3. The Kier molecular flexibility index (Phi) is 8.88. The number of nitrogens with zero attached hydrogens (tertiary/aromatic N) is 3. The maximum atomic E-state index is 12.4. The fourth-order valence-electron chi connectivity index (χ4n) is 3.42. The van der Waals surface area contributed by atoms with Crippen molar-refractivity contribution in [2.45, 2.75) is 25.1 Å². The maximum absolute atomic E-state index is 12.4. The molecule has 0 aromatic heterocycles. The molecule has 1 unspecified atom stereocenters. The van der Waals surface area contributed by atoms with Gasteiger partial charge in [-0.3, -0.25) is 9.89 Å². The molecule has 1 aromatic rings. The van der Waals surface area contributed by atoms with Gasteiger partial charge in [-0.1, -0.05) is 0 Å². The van der Waals surface area contributed by atoms with Gasteiger partial charge in [0.05, 0.1) is 20.8 Å². The van der Waals surface area contributed by atoms with Gasteiger partial charge in [-0.25, -0.2) is 0 Å². The van der Waals surface area contributed by atoms with Gasteiger partial charge in [0.2, 0.25) is 0 Å². The molecule has 0 radical (unpaired) electrons. The second-order valence-electron chi connectivity index (χ2n) is 7.35. The van der Waals surface area contributed by atoms with E-state index in [1.54, 1.807) is 21.3 Å². The van der Waals surface area contributed by atoms with Crippen LogP contribution in [0, 0.1) is 0 Å². The third kappa shape index (κ3) is 7.81. The van der Waals surface area contributed by atoms with Crippen molar-refractivity contribution < 1.29 is 22.6 Å². The molecular weight excluding hydrogens is 399 g/mol. The summed E-state index contributed by atoms with van der Waals surface area (Å²) in [5.74, 6) is 2.14. The number of ether oxygens (including phenoxy) is 2. The maximum Gasteiger partial charge on any atom is 0.401 e. The zero-order valence-corrected chi connectivity index (χ0v) is 18.1. The highest BCUT2D eigenvalue weighted by Crippen LogP contribution is 2.30. The smallest absolute Gasteiger partial charge is 0.401 e. The number of hydrogen-bond acceptors (Lipinski definition) is 5. The van der Waals surface area contributed by atoms with Gasteiger partial charge in [0.1, 0.15) is 11.5 Å². The lowest BCUT2D eigenvalue weighted by Crippen LogP contribution is -2.45. The summed E-state index contributed by atoms with van der Waals surface area (Å²) in [6, 6.07) is 6.01. The molecule has 1 aromatic carbocycles. The average Bonchev–Trinajstić information content (AvgIpc) is 3.17. The highest BCUT2D eigenvalue weighted by atomic mass is 19.4. The fraction of sp³-hybridized carbons (Fsp3) is 0.650. The molecular formula is C20H32F3N5O2. The van der Waals surface area contributed by atoms with E-state index in [0.29, 0.717) is 25.5 Å². The summed E-state index contributed by atoms with van der Waals surface area (Å²) >= 11 is 0. The Bertz CT molecular complexity index is 677. The first-order valence-electron chi connectivity index (χ1n) is 9.94. The molecule has 0 bridgehead atoms. The third-order valence-corrected chi connectivity index (χ3v) is 4.91. The third-order valence-electron chi connectivity index (χ3n) is 4.91. The Labute approximate surface area is 176 Å². The van der Waals surface area contributed by atoms with Crippen LogP contribution in [0.1, 0.15) is 12.8 Å². The second-order valence-corrected chi connectivity index (χ2v) is 7.35. The molecule has 1 aliphatic heterocycles. The molecule has 170 valence electrons. The van der Waals surface area contributed by atoms with Gasteiger partial charge in [-0.05, 0) is 26.4 Å². The van der Waals surface area contributed by atoms with Crippen LogP contribution in [0.4, 0.5) is 18.9 Å². The molecule has 1 fully saturated rings. The van der Waals surface area contributed by atoms with E-state index >= 15 is 0 Å². The molecule has 2 rings (SSSR count). The molecule has 1 saturated heterocycles. The predicted molar refractivity (Wildman–Crippen MR) is 113 cm³/mol. The van der Waals surface area contributed by atoms with E-state index in [4.69, 9.17) is 9.47 Å². The van der Waals surface area contributed by atoms with E-state index in [0.717, 1.165) is 36.7 Å². The van der Waals surface area contributed by atoms with Crippen LogP contribution in [0.15, 0.2) is 23.2 Å². The molecule has 0 spiro atoms. The fourth-order valence-corrected chi connectivity index (χ4v) is 3.42. The molecule has 30 heavy (non-hydrogen) atoms. The lowest BCUT2D eigenvalue weighted by Gasteiger charge is -2.22. The van der Waals surface area contributed by atoms with Crippen LogP contribution >= 0.6 is 0 Å². The van der Waals surface area contributed by atoms with E-state index in [-0.39, 0.29) is 6.04 Å². The molecule has 1 aliphatic rings. The highest BCUT2D eigenvalue weighted by molar-refractivity contribution is 5.80. The van der Waals surface area contributed by atoms with E-state index in [1.165, 1.54) is 11.9 Å². The van der Waals surface area contributed by atoms with Crippen molar-refractivity contribution in [1.82, 2.24) is 15.5 Å². The van der Waals surface area contributed by atoms with Crippen LogP contribution in [-0.2, 0) is 0 Å². The molecule has 1 atom stereocenters. The number of aliphatic imine (C=N–C) groups is 1. The minimum atomic E-state index is -4.17. The molecule has 10 heteroatoms. The molecule has 7 nitrogen and oxygen atoms in total. The number of rotatable bonds is 9. The van der Waals surface area contributed by atoms with Crippen molar-refractivity contribution in [3.8, 4) is 11.5 Å². The Morgan fingerprint density at radius 2 is 1.90 bits per heavy atom. The van der Waals surface area contributed by atoms with Crippen molar-refractivity contribution >= 4 is 11.6 Å². The van der Waals surface area contributed by atoms with Gasteiger partial charge in [-0.15, -0.1) is 0 Å². The Balaban J connectivity index is 1.78. The van der Waals surface area contributed by atoms with Crippen molar-refractivity contribution in [1.29, 1.82) is 0 Å². The summed E-state index contributed by atoms with van der Waals surface area (Å²) in [6.45, 7) is 1.69. The lowest BCUT2D eigenvalue weighted by molar-refractivity contribution is -0.143. The van der Waals surface area contributed by atoms with Gasteiger partial charge in [-0.2, -0.15) is 13.2 Å². The van der Waals surface area contributed by atoms with Crippen LogP contribution in [0.5, 0.6) is 11.5 Å². The van der Waals surface area contributed by atoms with Crippen molar-refractivity contribution in [3.05, 3.63) is 18.2 Å². The molecule has 0 aliphatic carbocycles. The van der Waals surface area contributed by atoms with E-state index < -0.39 is 12.7 Å².